The molecule has 0 saturated heterocycles. The van der Waals surface area contributed by atoms with Gasteiger partial charge in [-0.15, -0.1) is 0 Å². The van der Waals surface area contributed by atoms with E-state index in [1.54, 1.807) is 0 Å². The third-order valence-corrected chi connectivity index (χ3v) is 16.7. The molecule has 3 heteroatoms. The van der Waals surface area contributed by atoms with Gasteiger partial charge < -0.3 is 0 Å². The molecule has 0 atom stereocenters. The van der Waals surface area contributed by atoms with Crippen molar-refractivity contribution in [3.05, 3.63) is 114 Å². The maximum absolute atomic E-state index is 2.79. The van der Waals surface area contributed by atoms with Gasteiger partial charge in [0, 0.05) is 0 Å². The first kappa shape index (κ1) is 23.3. The molecule has 0 spiro atoms. The van der Waals surface area contributed by atoms with E-state index in [0.29, 0.717) is 0 Å². The molecule has 30 heavy (non-hydrogen) atoms. The average molecular weight is 544 g/mol. The van der Waals surface area contributed by atoms with Crippen molar-refractivity contribution in [2.45, 2.75) is 20.3 Å². The van der Waals surface area contributed by atoms with Crippen molar-refractivity contribution >= 4 is 54.0 Å². The molecule has 0 bridgehead atoms. The molecular formula is C27H30IPS. The molecule has 3 aromatic carbocycles. The molecule has 0 fully saturated rings. The number of allylic oxidation sites excluding steroid dienone is 2. The Balaban J connectivity index is 2.11. The summed E-state index contributed by atoms with van der Waals surface area (Å²) < 4.78 is -2.79. The Kier molecular flexibility index (Phi) is 8.39. The fourth-order valence-corrected chi connectivity index (χ4v) is 12.0. The van der Waals surface area contributed by atoms with Crippen molar-refractivity contribution in [3.8, 4) is 0 Å². The minimum absolute atomic E-state index is 0.757. The zero-order valence-corrected chi connectivity index (χ0v) is 21.6. The number of hydrogen-bond donors (Lipinski definition) is 0. The first-order valence-corrected chi connectivity index (χ1v) is 16.6. The molecule has 156 valence electrons. The Morgan fingerprint density at radius 3 is 1.57 bits per heavy atom. The van der Waals surface area contributed by atoms with Crippen LogP contribution in [-0.2, 0) is 0 Å². The fourth-order valence-electron chi connectivity index (χ4n) is 3.55. The molecular weight excluding hydrogens is 514 g/mol. The van der Waals surface area contributed by atoms with Gasteiger partial charge in [0.2, 0.25) is 0 Å². The van der Waals surface area contributed by atoms with Gasteiger partial charge in [0.1, 0.15) is 0 Å². The second-order valence-corrected chi connectivity index (χ2v) is 18.8. The van der Waals surface area contributed by atoms with Crippen LogP contribution in [0, 0.1) is 5.92 Å². The van der Waals surface area contributed by atoms with Crippen LogP contribution in [0.3, 0.4) is 0 Å². The Morgan fingerprint density at radius 2 is 1.17 bits per heavy atom. The van der Waals surface area contributed by atoms with E-state index in [9.17, 15) is 0 Å². The van der Waals surface area contributed by atoms with Crippen LogP contribution in [0.2, 0.25) is 0 Å². The van der Waals surface area contributed by atoms with Gasteiger partial charge in [0.25, 0.3) is 0 Å². The maximum atomic E-state index is 2.79. The van der Waals surface area contributed by atoms with Gasteiger partial charge in [-0.05, 0) is 0 Å². The molecule has 0 saturated carbocycles. The van der Waals surface area contributed by atoms with E-state index in [-0.39, 0.29) is 0 Å². The van der Waals surface area contributed by atoms with Gasteiger partial charge in [0.05, 0.1) is 0 Å². The van der Waals surface area contributed by atoms with Crippen molar-refractivity contribution in [1.29, 1.82) is 0 Å². The Hall–Kier alpha value is -1.35. The second-order valence-electron chi connectivity index (χ2n) is 7.80. The molecule has 3 aromatic rings. The summed E-state index contributed by atoms with van der Waals surface area (Å²) in [5.41, 5.74) is 0. The normalized spacial score (nSPS) is 13.7. The van der Waals surface area contributed by atoms with Crippen LogP contribution in [-0.4, -0.2) is 5.75 Å². The number of benzene rings is 3. The molecule has 0 amide bonds. The van der Waals surface area contributed by atoms with Gasteiger partial charge in [0.15, 0.2) is 0 Å². The van der Waals surface area contributed by atoms with E-state index < -0.39 is 4.25 Å². The zero-order chi connectivity index (χ0) is 21.3. The van der Waals surface area contributed by atoms with Crippen LogP contribution in [0.25, 0.3) is 0 Å². The molecule has 0 nitrogen and oxygen atoms in total. The summed E-state index contributed by atoms with van der Waals surface area (Å²) >= 11 is 4.68. The second kappa shape index (κ2) is 10.8. The van der Waals surface area contributed by atoms with E-state index in [1.807, 2.05) is 11.8 Å². The van der Waals surface area contributed by atoms with E-state index in [0.717, 1.165) is 5.92 Å². The van der Waals surface area contributed by atoms with Crippen molar-refractivity contribution in [3.63, 3.8) is 0 Å². The summed E-state index contributed by atoms with van der Waals surface area (Å²) in [6.45, 7) is 4.56. The molecule has 0 radical (unpaired) electrons. The van der Waals surface area contributed by atoms with Gasteiger partial charge in [-0.3, -0.25) is 0 Å². The van der Waals surface area contributed by atoms with E-state index in [4.69, 9.17) is 0 Å². The van der Waals surface area contributed by atoms with E-state index in [1.165, 1.54) is 28.1 Å². The minimum atomic E-state index is -2.79. The van der Waals surface area contributed by atoms with Gasteiger partial charge in [-0.25, -0.2) is 0 Å². The number of thioether (sulfide) groups is 1. The summed E-state index contributed by atoms with van der Waals surface area (Å²) in [5.74, 6) is 4.41. The van der Waals surface area contributed by atoms with Crippen LogP contribution >= 0.6 is 38.0 Å². The van der Waals surface area contributed by atoms with Crippen LogP contribution in [0.15, 0.2) is 114 Å². The number of hydrogen-bond acceptors (Lipinski definition) is 1. The monoisotopic (exact) mass is 544 g/mol. The number of halogens is 1. The van der Waals surface area contributed by atoms with Crippen molar-refractivity contribution in [1.82, 2.24) is 0 Å². The molecule has 0 aromatic heterocycles. The van der Waals surface area contributed by atoms with Gasteiger partial charge in [-0.1, -0.05) is 0 Å². The van der Waals surface area contributed by atoms with Crippen LogP contribution in [0.5, 0.6) is 0 Å². The third-order valence-electron chi connectivity index (χ3n) is 5.25. The Morgan fingerprint density at radius 1 is 0.733 bits per heavy atom. The van der Waals surface area contributed by atoms with E-state index >= 15 is 0 Å². The Labute approximate surface area is 199 Å². The quantitative estimate of drug-likeness (QED) is 0.115. The summed E-state index contributed by atoms with van der Waals surface area (Å²) in [6, 6.07) is 33.0. The molecule has 0 N–H and O–H groups in total. The van der Waals surface area contributed by atoms with Gasteiger partial charge >= 0.3 is 200 Å². The topological polar surface area (TPSA) is 0 Å². The molecule has 0 heterocycles. The van der Waals surface area contributed by atoms with Crippen LogP contribution in [0.1, 0.15) is 20.3 Å². The zero-order valence-electron chi connectivity index (χ0n) is 17.7. The average Bonchev–Trinajstić information content (AvgIpc) is 2.80. The van der Waals surface area contributed by atoms with Crippen LogP contribution in [0.4, 0.5) is 0 Å². The summed E-state index contributed by atoms with van der Waals surface area (Å²) in [6.07, 6.45) is 5.72. The summed E-state index contributed by atoms with van der Waals surface area (Å²) in [5, 5.41) is 6.35. The predicted octanol–water partition coefficient (Wildman–Crippen LogP) is 7.67. The number of rotatable bonds is 9. The SMILES string of the molecule is CC(C)CCSC=CC=CP(I)(c1ccccc1)(c1ccccc1)c1ccccc1. The molecule has 0 aliphatic heterocycles. The van der Waals surface area contributed by atoms with Gasteiger partial charge in [-0.2, -0.15) is 0 Å². The van der Waals surface area contributed by atoms with Crippen molar-refractivity contribution in [2.75, 3.05) is 5.75 Å². The predicted molar refractivity (Wildman–Crippen MR) is 149 cm³/mol. The molecule has 3 rings (SSSR count). The first-order chi connectivity index (χ1) is 14.6. The standard InChI is InChI=1S/C27H30IPS/c1-24(2)20-23-30-22-13-12-21-29(28,25-14-6-3-7-15-25,26-16-8-4-9-17-26)27-18-10-5-11-19-27/h3-19,21-22,24H,20,23H2,1-2H3. The molecule has 0 aliphatic rings. The summed E-state index contributed by atoms with van der Waals surface area (Å²) in [7, 11) is 0. The van der Waals surface area contributed by atoms with E-state index in [2.05, 4.69) is 150 Å². The molecule has 0 aliphatic carbocycles. The first-order valence-electron chi connectivity index (χ1n) is 10.4. The Bertz CT molecular complexity index is 866. The summed E-state index contributed by atoms with van der Waals surface area (Å²) in [4.78, 5) is 0. The van der Waals surface area contributed by atoms with Crippen LogP contribution < -0.4 is 15.9 Å². The fraction of sp³-hybridized carbons (Fsp3) is 0.185. The van der Waals surface area contributed by atoms with Crippen molar-refractivity contribution in [2.24, 2.45) is 5.92 Å². The third kappa shape index (κ3) is 5.10. The molecule has 0 unspecified atom stereocenters. The van der Waals surface area contributed by atoms with Crippen molar-refractivity contribution < 1.29 is 0 Å².